The van der Waals surface area contributed by atoms with Gasteiger partial charge in [0.1, 0.15) is 0 Å². The van der Waals surface area contributed by atoms with Crippen LogP contribution in [0.3, 0.4) is 0 Å². The van der Waals surface area contributed by atoms with Crippen molar-refractivity contribution in [2.45, 2.75) is 13.0 Å². The minimum atomic E-state index is -2.71. The van der Waals surface area contributed by atoms with Gasteiger partial charge in [0.15, 0.2) is 0 Å². The van der Waals surface area contributed by atoms with E-state index in [4.69, 9.17) is 10.4 Å². The number of nitrogens with zero attached hydrogens (tertiary/aromatic N) is 2. The van der Waals surface area contributed by atoms with Crippen LogP contribution in [0.4, 0.5) is 8.78 Å². The lowest BCUT2D eigenvalue weighted by Gasteiger charge is -2.02. The van der Waals surface area contributed by atoms with Crippen LogP contribution in [0.1, 0.15) is 23.2 Å². The topological polar surface area (TPSA) is 56.9 Å². The zero-order valence-corrected chi connectivity index (χ0v) is 6.54. The van der Waals surface area contributed by atoms with Gasteiger partial charge in [-0.2, -0.15) is 5.26 Å². The number of halogens is 2. The lowest BCUT2D eigenvalue weighted by Crippen LogP contribution is -1.96. The number of hydrogen-bond acceptors (Lipinski definition) is 3. The van der Waals surface area contributed by atoms with Crippen LogP contribution in [0.25, 0.3) is 0 Å². The molecule has 0 saturated carbocycles. The predicted molar refractivity (Wildman–Crippen MR) is 39.8 cm³/mol. The van der Waals surface area contributed by atoms with Gasteiger partial charge >= 0.3 is 0 Å². The number of pyridine rings is 1. The normalized spacial score (nSPS) is 10.1. The molecule has 3 nitrogen and oxygen atoms in total. The van der Waals surface area contributed by atoms with Crippen molar-refractivity contribution in [3.63, 3.8) is 0 Å². The minimum Gasteiger partial charge on any atom is -0.390 e. The third kappa shape index (κ3) is 1.98. The average Bonchev–Trinajstić information content (AvgIpc) is 2.16. The van der Waals surface area contributed by atoms with Crippen LogP contribution in [0.5, 0.6) is 0 Å². The Morgan fingerprint density at radius 2 is 2.31 bits per heavy atom. The summed E-state index contributed by atoms with van der Waals surface area (Å²) >= 11 is 0. The lowest BCUT2D eigenvalue weighted by molar-refractivity contribution is 0.150. The molecule has 0 fully saturated rings. The van der Waals surface area contributed by atoms with Gasteiger partial charge in [-0.3, -0.25) is 4.98 Å². The molecule has 0 bridgehead atoms. The van der Waals surface area contributed by atoms with E-state index in [-0.39, 0.29) is 17.9 Å². The van der Waals surface area contributed by atoms with Crippen LogP contribution >= 0.6 is 0 Å². The first-order valence-electron chi connectivity index (χ1n) is 3.47. The van der Waals surface area contributed by atoms with Gasteiger partial charge in [0, 0.05) is 6.20 Å². The van der Waals surface area contributed by atoms with E-state index in [1.54, 1.807) is 6.07 Å². The van der Waals surface area contributed by atoms with E-state index in [9.17, 15) is 8.78 Å². The maximum atomic E-state index is 12.2. The van der Waals surface area contributed by atoms with Gasteiger partial charge in [-0.15, -0.1) is 0 Å². The Labute approximate surface area is 73.3 Å². The molecule has 0 aromatic carbocycles. The van der Waals surface area contributed by atoms with Crippen molar-refractivity contribution < 1.29 is 13.9 Å². The van der Waals surface area contributed by atoms with Crippen LogP contribution in [0.2, 0.25) is 0 Å². The highest BCUT2D eigenvalue weighted by molar-refractivity contribution is 5.37. The Bertz CT molecular complexity index is 346. The smallest absolute Gasteiger partial charge is 0.266 e. The highest BCUT2D eigenvalue weighted by Gasteiger charge is 2.13. The van der Waals surface area contributed by atoms with Crippen molar-refractivity contribution in [2.75, 3.05) is 0 Å². The fourth-order valence-electron chi connectivity index (χ4n) is 0.866. The third-order valence-electron chi connectivity index (χ3n) is 1.51. The van der Waals surface area contributed by atoms with Crippen molar-refractivity contribution in [1.29, 1.82) is 5.26 Å². The standard InChI is InChI=1S/C8H6F2N2O/c9-8(10)7-3-12-6(4-13)1-5(7)2-11/h1,3,8,13H,4H2. The van der Waals surface area contributed by atoms with Crippen LogP contribution in [-0.4, -0.2) is 10.1 Å². The number of hydrogen-bond donors (Lipinski definition) is 1. The Morgan fingerprint density at radius 3 is 2.77 bits per heavy atom. The van der Waals surface area contributed by atoms with E-state index in [2.05, 4.69) is 4.98 Å². The summed E-state index contributed by atoms with van der Waals surface area (Å²) in [6, 6.07) is 2.77. The SMILES string of the molecule is N#Cc1cc(CO)ncc1C(F)F. The zero-order valence-electron chi connectivity index (χ0n) is 6.54. The molecule has 1 rings (SSSR count). The second-order valence-corrected chi connectivity index (χ2v) is 2.33. The molecular formula is C8H6F2N2O. The van der Waals surface area contributed by atoms with E-state index in [1.807, 2.05) is 0 Å². The second kappa shape index (κ2) is 3.92. The number of aliphatic hydroxyl groups excluding tert-OH is 1. The number of rotatable bonds is 2. The molecule has 13 heavy (non-hydrogen) atoms. The number of aliphatic hydroxyl groups is 1. The summed E-state index contributed by atoms with van der Waals surface area (Å²) in [5.41, 5.74) is -0.338. The summed E-state index contributed by atoms with van der Waals surface area (Å²) in [4.78, 5) is 3.55. The first kappa shape index (κ1) is 9.55. The Balaban J connectivity index is 3.18. The lowest BCUT2D eigenvalue weighted by atomic mass is 10.1. The van der Waals surface area contributed by atoms with Crippen molar-refractivity contribution >= 4 is 0 Å². The third-order valence-corrected chi connectivity index (χ3v) is 1.51. The Morgan fingerprint density at radius 1 is 1.62 bits per heavy atom. The second-order valence-electron chi connectivity index (χ2n) is 2.33. The summed E-state index contributed by atoms with van der Waals surface area (Å²) < 4.78 is 24.4. The van der Waals surface area contributed by atoms with E-state index >= 15 is 0 Å². The highest BCUT2D eigenvalue weighted by Crippen LogP contribution is 2.21. The quantitative estimate of drug-likeness (QED) is 0.755. The van der Waals surface area contributed by atoms with Crippen molar-refractivity contribution in [1.82, 2.24) is 4.98 Å². The maximum absolute atomic E-state index is 12.2. The molecule has 5 heteroatoms. The molecule has 1 aromatic rings. The van der Waals surface area contributed by atoms with Crippen molar-refractivity contribution in [2.24, 2.45) is 0 Å². The van der Waals surface area contributed by atoms with Gasteiger partial charge in [-0.25, -0.2) is 8.78 Å². The minimum absolute atomic E-state index is 0.144. The van der Waals surface area contributed by atoms with E-state index < -0.39 is 12.0 Å². The Hall–Kier alpha value is -1.54. The first-order chi connectivity index (χ1) is 6.19. The molecule has 0 amide bonds. The molecule has 0 atom stereocenters. The largest absolute Gasteiger partial charge is 0.390 e. The maximum Gasteiger partial charge on any atom is 0.266 e. The predicted octanol–water partition coefficient (Wildman–Crippen LogP) is 1.38. The van der Waals surface area contributed by atoms with E-state index in [0.29, 0.717) is 0 Å². The van der Waals surface area contributed by atoms with E-state index in [0.717, 1.165) is 12.3 Å². The molecule has 1 heterocycles. The first-order valence-corrected chi connectivity index (χ1v) is 3.47. The van der Waals surface area contributed by atoms with Crippen molar-refractivity contribution in [3.8, 4) is 6.07 Å². The average molecular weight is 184 g/mol. The fraction of sp³-hybridized carbons (Fsp3) is 0.250. The highest BCUT2D eigenvalue weighted by atomic mass is 19.3. The van der Waals surface area contributed by atoms with Crippen LogP contribution in [0.15, 0.2) is 12.3 Å². The summed E-state index contributed by atoms with van der Waals surface area (Å²) in [5, 5.41) is 17.1. The molecule has 68 valence electrons. The Kier molecular flexibility index (Phi) is 2.88. The molecule has 0 aliphatic rings. The molecule has 0 saturated heterocycles. The van der Waals surface area contributed by atoms with Crippen LogP contribution in [-0.2, 0) is 6.61 Å². The summed E-state index contributed by atoms with van der Waals surface area (Å²) in [6.07, 6.45) is -1.80. The molecule has 1 aromatic heterocycles. The summed E-state index contributed by atoms with van der Waals surface area (Å²) in [5.74, 6) is 0. The molecule has 0 unspecified atom stereocenters. The number of alkyl halides is 2. The van der Waals surface area contributed by atoms with Gasteiger partial charge in [-0.05, 0) is 6.07 Å². The van der Waals surface area contributed by atoms with Crippen molar-refractivity contribution in [3.05, 3.63) is 29.1 Å². The monoisotopic (exact) mass is 184 g/mol. The molecular weight excluding hydrogens is 178 g/mol. The van der Waals surface area contributed by atoms with Gasteiger partial charge in [0.25, 0.3) is 6.43 Å². The van der Waals surface area contributed by atoms with E-state index in [1.165, 1.54) is 0 Å². The summed E-state index contributed by atoms with van der Waals surface area (Å²) in [7, 11) is 0. The molecule has 0 radical (unpaired) electrons. The number of aromatic nitrogens is 1. The molecule has 0 aliphatic heterocycles. The van der Waals surface area contributed by atoms with Gasteiger partial charge in [0.05, 0.1) is 29.5 Å². The van der Waals surface area contributed by atoms with Gasteiger partial charge in [-0.1, -0.05) is 0 Å². The molecule has 0 aliphatic carbocycles. The summed E-state index contributed by atoms with van der Waals surface area (Å²) in [6.45, 7) is -0.363. The van der Waals surface area contributed by atoms with Crippen LogP contribution < -0.4 is 0 Å². The number of nitriles is 1. The van der Waals surface area contributed by atoms with Gasteiger partial charge < -0.3 is 5.11 Å². The molecule has 1 N–H and O–H groups in total. The van der Waals surface area contributed by atoms with Gasteiger partial charge in [0.2, 0.25) is 0 Å². The van der Waals surface area contributed by atoms with Crippen LogP contribution in [0, 0.1) is 11.3 Å². The fourth-order valence-corrected chi connectivity index (χ4v) is 0.866. The zero-order chi connectivity index (χ0) is 9.84. The molecule has 0 spiro atoms.